The van der Waals surface area contributed by atoms with Crippen molar-refractivity contribution in [3.63, 3.8) is 0 Å². The second kappa shape index (κ2) is 7.74. The minimum atomic E-state index is 0.453. The van der Waals surface area contributed by atoms with Crippen LogP contribution in [-0.4, -0.2) is 44.3 Å². The van der Waals surface area contributed by atoms with E-state index >= 15 is 0 Å². The molecule has 1 N–H and O–H groups in total. The molecule has 5 heteroatoms. The number of nitrogens with one attached hydrogen (secondary N) is 1. The molecule has 0 spiro atoms. The van der Waals surface area contributed by atoms with Crippen molar-refractivity contribution in [1.82, 2.24) is 10.2 Å². The van der Waals surface area contributed by atoms with Crippen molar-refractivity contribution in [3.05, 3.63) is 20.8 Å². The first kappa shape index (κ1) is 15.4. The highest BCUT2D eigenvalue weighted by molar-refractivity contribution is 9.11. The summed E-state index contributed by atoms with van der Waals surface area (Å²) in [5.41, 5.74) is 0. The second-order valence-corrected chi connectivity index (χ2v) is 7.59. The summed E-state index contributed by atoms with van der Waals surface area (Å²) in [6.07, 6.45) is 2.60. The Balaban J connectivity index is 1.98. The van der Waals surface area contributed by atoms with E-state index in [1.165, 1.54) is 28.0 Å². The molecule has 1 fully saturated rings. The van der Waals surface area contributed by atoms with E-state index in [1.807, 2.05) is 11.3 Å². The van der Waals surface area contributed by atoms with Gasteiger partial charge in [-0.2, -0.15) is 0 Å². The lowest BCUT2D eigenvalue weighted by molar-refractivity contribution is 0.119. The zero-order valence-corrected chi connectivity index (χ0v) is 14.1. The maximum absolute atomic E-state index is 5.26. The summed E-state index contributed by atoms with van der Waals surface area (Å²) in [5, 5.41) is 3.59. The van der Waals surface area contributed by atoms with Crippen LogP contribution in [0, 0.1) is 0 Å². The molecular weight excluding hydrogens is 324 g/mol. The maximum Gasteiger partial charge on any atom is 0.0701 e. The largest absolute Gasteiger partial charge is 0.383 e. The summed E-state index contributed by atoms with van der Waals surface area (Å²) in [7, 11) is 1.78. The lowest BCUT2D eigenvalue weighted by Gasteiger charge is -2.30. The summed E-state index contributed by atoms with van der Waals surface area (Å²) in [4.78, 5) is 3.95. The zero-order chi connectivity index (χ0) is 13.7. The Morgan fingerprint density at radius 1 is 1.58 bits per heavy atom. The molecule has 2 unspecified atom stereocenters. The van der Waals surface area contributed by atoms with E-state index in [1.54, 1.807) is 7.11 Å². The molecule has 1 saturated heterocycles. The number of hydrogen-bond acceptors (Lipinski definition) is 4. The average Bonchev–Trinajstić information content (AvgIpc) is 3.05. The Hall–Kier alpha value is 0.0600. The van der Waals surface area contributed by atoms with E-state index in [4.69, 9.17) is 4.74 Å². The van der Waals surface area contributed by atoms with Crippen molar-refractivity contribution in [2.45, 2.75) is 31.8 Å². The van der Waals surface area contributed by atoms with Crippen molar-refractivity contribution in [2.24, 2.45) is 0 Å². The van der Waals surface area contributed by atoms with Crippen molar-refractivity contribution in [1.29, 1.82) is 0 Å². The van der Waals surface area contributed by atoms with Gasteiger partial charge in [-0.3, -0.25) is 4.90 Å². The Morgan fingerprint density at radius 2 is 2.42 bits per heavy atom. The van der Waals surface area contributed by atoms with Crippen LogP contribution in [0.15, 0.2) is 15.9 Å². The van der Waals surface area contributed by atoms with Crippen LogP contribution in [-0.2, 0) is 4.74 Å². The first-order chi connectivity index (χ1) is 9.20. The Bertz CT molecular complexity index is 379. The average molecular weight is 347 g/mol. The molecule has 0 aliphatic carbocycles. The molecule has 3 nitrogen and oxygen atoms in total. The zero-order valence-electron chi connectivity index (χ0n) is 11.7. The number of ether oxygens (including phenoxy) is 1. The van der Waals surface area contributed by atoms with Crippen molar-refractivity contribution in [3.8, 4) is 0 Å². The van der Waals surface area contributed by atoms with E-state index in [0.717, 1.165) is 19.7 Å². The number of halogens is 1. The molecule has 1 aromatic heterocycles. The van der Waals surface area contributed by atoms with E-state index in [0.29, 0.717) is 12.1 Å². The van der Waals surface area contributed by atoms with Crippen molar-refractivity contribution < 1.29 is 4.74 Å². The van der Waals surface area contributed by atoms with Crippen molar-refractivity contribution >= 4 is 27.3 Å². The smallest absolute Gasteiger partial charge is 0.0701 e. The van der Waals surface area contributed by atoms with Gasteiger partial charge in [-0.25, -0.2) is 0 Å². The van der Waals surface area contributed by atoms with Gasteiger partial charge in [0.15, 0.2) is 0 Å². The fraction of sp³-hybridized carbons (Fsp3) is 0.714. The predicted octanol–water partition coefficient (Wildman–Crippen LogP) is 3.27. The first-order valence-corrected chi connectivity index (χ1v) is 8.53. The van der Waals surface area contributed by atoms with E-state index in [-0.39, 0.29) is 0 Å². The van der Waals surface area contributed by atoms with Crippen LogP contribution >= 0.6 is 27.3 Å². The second-order valence-electron chi connectivity index (χ2n) is 5.10. The minimum absolute atomic E-state index is 0.453. The van der Waals surface area contributed by atoms with Crippen LogP contribution in [0.2, 0.25) is 0 Å². The van der Waals surface area contributed by atoms with Gasteiger partial charge >= 0.3 is 0 Å². The van der Waals surface area contributed by atoms with Crippen molar-refractivity contribution in [2.75, 3.05) is 33.4 Å². The third-order valence-electron chi connectivity index (χ3n) is 3.75. The number of nitrogens with zero attached hydrogens (tertiary/aromatic N) is 1. The molecule has 0 radical (unpaired) electrons. The molecule has 108 valence electrons. The molecule has 0 bridgehead atoms. The van der Waals surface area contributed by atoms with Gasteiger partial charge < -0.3 is 10.1 Å². The van der Waals surface area contributed by atoms with Gasteiger partial charge in [0.25, 0.3) is 0 Å². The summed E-state index contributed by atoms with van der Waals surface area (Å²) in [6.45, 7) is 6.36. The molecule has 1 aliphatic heterocycles. The third kappa shape index (κ3) is 4.53. The van der Waals surface area contributed by atoms with Gasteiger partial charge in [-0.1, -0.05) is 0 Å². The van der Waals surface area contributed by atoms with Gasteiger partial charge in [-0.05, 0) is 54.4 Å². The quantitative estimate of drug-likeness (QED) is 0.819. The topological polar surface area (TPSA) is 24.5 Å². The number of thiophene rings is 1. The Morgan fingerprint density at radius 3 is 3.00 bits per heavy atom. The normalized spacial score (nSPS) is 21.2. The SMILES string of the molecule is COCCN(CC1CCCN1)C(C)c1ccc(Br)s1. The Labute approximate surface area is 128 Å². The summed E-state index contributed by atoms with van der Waals surface area (Å²) < 4.78 is 6.47. The molecule has 2 atom stereocenters. The maximum atomic E-state index is 5.26. The fourth-order valence-electron chi connectivity index (χ4n) is 2.58. The van der Waals surface area contributed by atoms with Crippen LogP contribution in [0.5, 0.6) is 0 Å². The standard InChI is InChI=1S/C14H23BrN2OS/c1-11(13-5-6-14(15)19-13)17(8-9-18-2)10-12-4-3-7-16-12/h5-6,11-12,16H,3-4,7-10H2,1-2H3. The molecule has 2 heterocycles. The predicted molar refractivity (Wildman–Crippen MR) is 84.9 cm³/mol. The molecular formula is C14H23BrN2OS. The third-order valence-corrected chi connectivity index (χ3v) is 5.55. The van der Waals surface area contributed by atoms with Crippen LogP contribution < -0.4 is 5.32 Å². The molecule has 1 aromatic rings. The van der Waals surface area contributed by atoms with E-state index < -0.39 is 0 Å². The van der Waals surface area contributed by atoms with Crippen LogP contribution in [0.3, 0.4) is 0 Å². The van der Waals surface area contributed by atoms with Crippen LogP contribution in [0.4, 0.5) is 0 Å². The number of hydrogen-bond donors (Lipinski definition) is 1. The highest BCUT2D eigenvalue weighted by Crippen LogP contribution is 2.30. The molecule has 19 heavy (non-hydrogen) atoms. The highest BCUT2D eigenvalue weighted by Gasteiger charge is 2.22. The lowest BCUT2D eigenvalue weighted by Crippen LogP contribution is -2.40. The van der Waals surface area contributed by atoms with Gasteiger partial charge in [0, 0.05) is 37.2 Å². The fourth-order valence-corrected chi connectivity index (χ4v) is 4.09. The van der Waals surface area contributed by atoms with Crippen LogP contribution in [0.1, 0.15) is 30.7 Å². The minimum Gasteiger partial charge on any atom is -0.383 e. The molecule has 1 aliphatic rings. The van der Waals surface area contributed by atoms with E-state index in [2.05, 4.69) is 45.2 Å². The highest BCUT2D eigenvalue weighted by atomic mass is 79.9. The van der Waals surface area contributed by atoms with Crippen LogP contribution in [0.25, 0.3) is 0 Å². The number of methoxy groups -OCH3 is 1. The number of rotatable bonds is 7. The molecule has 0 saturated carbocycles. The summed E-state index contributed by atoms with van der Waals surface area (Å²) in [6, 6.07) is 5.46. The van der Waals surface area contributed by atoms with E-state index in [9.17, 15) is 0 Å². The monoisotopic (exact) mass is 346 g/mol. The Kier molecular flexibility index (Phi) is 6.29. The van der Waals surface area contributed by atoms with Gasteiger partial charge in [0.2, 0.25) is 0 Å². The summed E-state index contributed by atoms with van der Waals surface area (Å²) in [5.74, 6) is 0. The molecule has 0 amide bonds. The molecule has 2 rings (SSSR count). The lowest BCUT2D eigenvalue weighted by atomic mass is 10.1. The summed E-state index contributed by atoms with van der Waals surface area (Å²) >= 11 is 5.38. The van der Waals surface area contributed by atoms with Gasteiger partial charge in [0.1, 0.15) is 0 Å². The molecule has 0 aromatic carbocycles. The van der Waals surface area contributed by atoms with Gasteiger partial charge in [0.05, 0.1) is 10.4 Å². The van der Waals surface area contributed by atoms with Gasteiger partial charge in [-0.15, -0.1) is 11.3 Å². The first-order valence-electron chi connectivity index (χ1n) is 6.92.